The Balaban J connectivity index is 1.83. The molecule has 0 saturated heterocycles. The molecule has 2 nitrogen and oxygen atoms in total. The Labute approximate surface area is 194 Å². The Kier molecular flexibility index (Phi) is 7.66. The summed E-state index contributed by atoms with van der Waals surface area (Å²) in [4.78, 5) is 0. The van der Waals surface area contributed by atoms with Gasteiger partial charge in [-0.25, -0.2) is 0 Å². The zero-order chi connectivity index (χ0) is 23.2. The van der Waals surface area contributed by atoms with Gasteiger partial charge in [0.2, 0.25) is 0 Å². The van der Waals surface area contributed by atoms with E-state index >= 15 is 0 Å². The van der Waals surface area contributed by atoms with Crippen molar-refractivity contribution in [3.8, 4) is 0 Å². The third-order valence-electron chi connectivity index (χ3n) is 6.91. The van der Waals surface area contributed by atoms with Gasteiger partial charge in [0.15, 0.2) is 0 Å². The largest absolute Gasteiger partial charge is 0.494 e. The second-order valence-corrected chi connectivity index (χ2v) is 9.68. The Hall–Kier alpha value is -2.74. The fourth-order valence-electron chi connectivity index (χ4n) is 4.52. The van der Waals surface area contributed by atoms with Crippen molar-refractivity contribution in [2.75, 3.05) is 13.2 Å². The highest BCUT2D eigenvalue weighted by Crippen LogP contribution is 2.41. The molecule has 0 atom stereocenters. The van der Waals surface area contributed by atoms with E-state index in [4.69, 9.17) is 9.47 Å². The van der Waals surface area contributed by atoms with E-state index in [1.54, 1.807) is 12.2 Å². The van der Waals surface area contributed by atoms with Gasteiger partial charge in [-0.05, 0) is 36.1 Å². The first-order chi connectivity index (χ1) is 15.3. The van der Waals surface area contributed by atoms with E-state index < -0.39 is 0 Å². The van der Waals surface area contributed by atoms with Crippen molar-refractivity contribution in [3.05, 3.63) is 108 Å². The van der Waals surface area contributed by atoms with Crippen molar-refractivity contribution in [2.24, 2.45) is 0 Å². The molecule has 0 N–H and O–H groups in total. The fraction of sp³-hybridized carbons (Fsp3) is 0.400. The van der Waals surface area contributed by atoms with Crippen LogP contribution >= 0.6 is 0 Å². The van der Waals surface area contributed by atoms with Crippen LogP contribution in [0.25, 0.3) is 0 Å². The standard InChI is InChI=1S/C30H38O2/c1-7-20-31-27-16-12-23(13-17-27)29(3,4)25-10-9-11-26(22-25)30(5,6)24-14-18-28(19-15-24)32-21-8-2/h7-12,14,16,18,22H,1-2,13,15,17,19-21H2,3-6H3. The fourth-order valence-corrected chi connectivity index (χ4v) is 4.52. The maximum absolute atomic E-state index is 5.73. The molecule has 0 fully saturated rings. The molecule has 0 saturated carbocycles. The summed E-state index contributed by atoms with van der Waals surface area (Å²) >= 11 is 0. The lowest BCUT2D eigenvalue weighted by molar-refractivity contribution is 0.233. The number of hydrogen-bond donors (Lipinski definition) is 0. The normalized spacial score (nSPS) is 16.9. The number of rotatable bonds is 10. The lowest BCUT2D eigenvalue weighted by Crippen LogP contribution is -2.25. The van der Waals surface area contributed by atoms with E-state index in [1.165, 1.54) is 22.3 Å². The first kappa shape index (κ1) is 23.9. The van der Waals surface area contributed by atoms with Crippen LogP contribution in [0.2, 0.25) is 0 Å². The molecule has 170 valence electrons. The van der Waals surface area contributed by atoms with Crippen molar-refractivity contribution in [1.29, 1.82) is 0 Å². The molecule has 2 heteroatoms. The third-order valence-corrected chi connectivity index (χ3v) is 6.91. The van der Waals surface area contributed by atoms with Crippen LogP contribution in [0.5, 0.6) is 0 Å². The van der Waals surface area contributed by atoms with Crippen LogP contribution < -0.4 is 0 Å². The summed E-state index contributed by atoms with van der Waals surface area (Å²) in [5, 5.41) is 0. The molecule has 0 aromatic heterocycles. The highest BCUT2D eigenvalue weighted by atomic mass is 16.5. The molecule has 0 radical (unpaired) electrons. The number of allylic oxidation sites excluding steroid dienone is 8. The molecule has 0 heterocycles. The van der Waals surface area contributed by atoms with Gasteiger partial charge in [-0.15, -0.1) is 0 Å². The van der Waals surface area contributed by atoms with Crippen LogP contribution in [-0.4, -0.2) is 13.2 Å². The molecule has 2 aliphatic rings. The SMILES string of the molecule is C=CCOC1=CC=C(C(C)(C)c2cccc(C(C)(C)C3=CC=C(OCC=C)CC3)c2)CC1. The van der Waals surface area contributed by atoms with E-state index in [-0.39, 0.29) is 10.8 Å². The van der Waals surface area contributed by atoms with Gasteiger partial charge in [-0.2, -0.15) is 0 Å². The van der Waals surface area contributed by atoms with Crippen LogP contribution in [0.1, 0.15) is 64.5 Å². The Morgan fingerprint density at radius 3 is 1.50 bits per heavy atom. The number of benzene rings is 1. The summed E-state index contributed by atoms with van der Waals surface area (Å²) < 4.78 is 11.5. The minimum absolute atomic E-state index is 0.0287. The summed E-state index contributed by atoms with van der Waals surface area (Å²) in [6.45, 7) is 17.9. The second-order valence-electron chi connectivity index (χ2n) is 9.68. The summed E-state index contributed by atoms with van der Waals surface area (Å²) in [5.41, 5.74) is 5.56. The van der Waals surface area contributed by atoms with E-state index in [0.29, 0.717) is 13.2 Å². The summed E-state index contributed by atoms with van der Waals surface area (Å²) in [6.07, 6.45) is 16.3. The Morgan fingerprint density at radius 2 is 1.16 bits per heavy atom. The minimum Gasteiger partial charge on any atom is -0.494 e. The van der Waals surface area contributed by atoms with E-state index in [1.807, 2.05) is 0 Å². The third kappa shape index (κ3) is 5.35. The molecule has 0 spiro atoms. The van der Waals surface area contributed by atoms with Crippen LogP contribution in [-0.2, 0) is 20.3 Å². The second kappa shape index (κ2) is 10.3. The van der Waals surface area contributed by atoms with Gasteiger partial charge in [-0.3, -0.25) is 0 Å². The smallest absolute Gasteiger partial charge is 0.106 e. The lowest BCUT2D eigenvalue weighted by Gasteiger charge is -2.34. The molecular formula is C30H38O2. The molecule has 1 aromatic carbocycles. The van der Waals surface area contributed by atoms with Crippen molar-refractivity contribution < 1.29 is 9.47 Å². The van der Waals surface area contributed by atoms with E-state index in [9.17, 15) is 0 Å². The van der Waals surface area contributed by atoms with Crippen molar-refractivity contribution >= 4 is 0 Å². The lowest BCUT2D eigenvalue weighted by atomic mass is 9.70. The molecule has 2 aliphatic carbocycles. The maximum Gasteiger partial charge on any atom is 0.106 e. The van der Waals surface area contributed by atoms with Gasteiger partial charge in [0.1, 0.15) is 13.2 Å². The first-order valence-corrected chi connectivity index (χ1v) is 11.7. The minimum atomic E-state index is -0.0287. The summed E-state index contributed by atoms with van der Waals surface area (Å²) in [6, 6.07) is 9.15. The molecule has 3 rings (SSSR count). The van der Waals surface area contributed by atoms with E-state index in [2.05, 4.69) is 89.4 Å². The Bertz CT molecular complexity index is 891. The van der Waals surface area contributed by atoms with Crippen LogP contribution in [0, 0.1) is 0 Å². The predicted molar refractivity (Wildman–Crippen MR) is 136 cm³/mol. The summed E-state index contributed by atoms with van der Waals surface area (Å²) in [7, 11) is 0. The topological polar surface area (TPSA) is 18.5 Å². The molecule has 0 aliphatic heterocycles. The number of hydrogen-bond acceptors (Lipinski definition) is 2. The zero-order valence-corrected chi connectivity index (χ0v) is 20.2. The van der Waals surface area contributed by atoms with Crippen LogP contribution in [0.4, 0.5) is 0 Å². The Morgan fingerprint density at radius 1 is 0.719 bits per heavy atom. The molecular weight excluding hydrogens is 392 g/mol. The average Bonchev–Trinajstić information content (AvgIpc) is 2.82. The molecule has 0 unspecified atom stereocenters. The molecule has 0 amide bonds. The molecule has 1 aromatic rings. The molecule has 0 bridgehead atoms. The van der Waals surface area contributed by atoms with Gasteiger partial charge in [0.25, 0.3) is 0 Å². The van der Waals surface area contributed by atoms with Gasteiger partial charge in [0.05, 0.1) is 11.5 Å². The van der Waals surface area contributed by atoms with Gasteiger partial charge >= 0.3 is 0 Å². The van der Waals surface area contributed by atoms with Crippen LogP contribution in [0.3, 0.4) is 0 Å². The zero-order valence-electron chi connectivity index (χ0n) is 20.2. The average molecular weight is 431 g/mol. The van der Waals surface area contributed by atoms with Crippen molar-refractivity contribution in [1.82, 2.24) is 0 Å². The molecule has 32 heavy (non-hydrogen) atoms. The van der Waals surface area contributed by atoms with E-state index in [0.717, 1.165) is 37.2 Å². The van der Waals surface area contributed by atoms with Gasteiger partial charge < -0.3 is 9.47 Å². The summed E-state index contributed by atoms with van der Waals surface area (Å²) in [5.74, 6) is 2.10. The maximum atomic E-state index is 5.73. The van der Waals surface area contributed by atoms with Crippen LogP contribution in [0.15, 0.2) is 96.5 Å². The van der Waals surface area contributed by atoms with Gasteiger partial charge in [-0.1, -0.05) is 101 Å². The van der Waals surface area contributed by atoms with Crippen molar-refractivity contribution in [2.45, 2.75) is 64.2 Å². The van der Waals surface area contributed by atoms with Crippen molar-refractivity contribution in [3.63, 3.8) is 0 Å². The number of ether oxygens (including phenoxy) is 2. The predicted octanol–water partition coefficient (Wildman–Crippen LogP) is 7.86. The highest BCUT2D eigenvalue weighted by Gasteiger charge is 2.31. The monoisotopic (exact) mass is 430 g/mol. The first-order valence-electron chi connectivity index (χ1n) is 11.7. The van der Waals surface area contributed by atoms with Gasteiger partial charge in [0, 0.05) is 23.7 Å². The quantitative estimate of drug-likeness (QED) is 0.352. The highest BCUT2D eigenvalue weighted by molar-refractivity contribution is 5.45.